The highest BCUT2D eigenvalue weighted by Gasteiger charge is 2.36. The summed E-state index contributed by atoms with van der Waals surface area (Å²) in [7, 11) is 2.26. The van der Waals surface area contributed by atoms with E-state index in [2.05, 4.69) is 74.6 Å². The summed E-state index contributed by atoms with van der Waals surface area (Å²) in [6.07, 6.45) is 20.9. The third-order valence-corrected chi connectivity index (χ3v) is 10.2. The number of quaternary nitrogens is 1. The van der Waals surface area contributed by atoms with Crippen molar-refractivity contribution in [3.05, 3.63) is 64.6 Å². The first kappa shape index (κ1) is 35.2. The van der Waals surface area contributed by atoms with Gasteiger partial charge in [-0.3, -0.25) is 14.3 Å². The Bertz CT molecular complexity index is 1360. The molecule has 45 heavy (non-hydrogen) atoms. The lowest BCUT2D eigenvalue weighted by molar-refractivity contribution is -0.940. The van der Waals surface area contributed by atoms with E-state index in [-0.39, 0.29) is 5.97 Å². The van der Waals surface area contributed by atoms with Crippen LogP contribution in [0.4, 0.5) is 0 Å². The molecule has 1 aliphatic rings. The number of aryl methyl sites for hydroxylation is 4. The molecule has 1 unspecified atom stereocenters. The molecule has 0 radical (unpaired) electrons. The molecule has 5 heteroatoms. The second-order valence-electron chi connectivity index (χ2n) is 15.0. The number of rotatable bonds is 19. The zero-order valence-electron chi connectivity index (χ0n) is 29.6. The van der Waals surface area contributed by atoms with Gasteiger partial charge in [0.15, 0.2) is 0 Å². The van der Waals surface area contributed by atoms with E-state index in [9.17, 15) is 4.79 Å². The van der Waals surface area contributed by atoms with E-state index < -0.39 is 5.41 Å². The third-order valence-electron chi connectivity index (χ3n) is 10.2. The first-order valence-electron chi connectivity index (χ1n) is 18.1. The van der Waals surface area contributed by atoms with Gasteiger partial charge >= 0.3 is 5.97 Å². The van der Waals surface area contributed by atoms with Crippen LogP contribution < -0.4 is 0 Å². The number of nitrogens with zero attached hydrogens (tertiary/aromatic N) is 3. The van der Waals surface area contributed by atoms with Crippen LogP contribution in [0.25, 0.3) is 10.9 Å². The van der Waals surface area contributed by atoms with Crippen molar-refractivity contribution in [3.8, 4) is 0 Å². The number of fused-ring (bicyclic) bond motifs is 3. The van der Waals surface area contributed by atoms with Gasteiger partial charge in [0.25, 0.3) is 0 Å². The number of hydrogen-bond acceptors (Lipinski definition) is 3. The minimum absolute atomic E-state index is 0.0410. The highest BCUT2D eigenvalue weighted by atomic mass is 16.5. The van der Waals surface area contributed by atoms with Gasteiger partial charge in [0.2, 0.25) is 6.73 Å². The highest BCUT2D eigenvalue weighted by molar-refractivity contribution is 5.86. The Morgan fingerprint density at radius 2 is 1.60 bits per heavy atom. The van der Waals surface area contributed by atoms with Gasteiger partial charge in [0.1, 0.15) is 6.54 Å². The molecule has 1 atom stereocenters. The number of carbonyl (C=O) groups excluding carboxylic acids is 1. The van der Waals surface area contributed by atoms with Crippen molar-refractivity contribution in [2.24, 2.45) is 5.41 Å². The minimum Gasteiger partial charge on any atom is -0.415 e. The SMILES string of the molecule is CCCCCCCCCCCCCCC(C)(C)C(=O)OC[N+]1(C)CCc2c(c3cc(C)ccc3n2CCc2ccc(C)nc2)C1. The lowest BCUT2D eigenvalue weighted by Crippen LogP contribution is -2.50. The summed E-state index contributed by atoms with van der Waals surface area (Å²) < 4.78 is 9.38. The number of likely N-dealkylation sites (N-methyl/N-ethyl adjacent to an activating group) is 1. The number of aromatic nitrogens is 2. The Labute approximate surface area is 274 Å². The summed E-state index contributed by atoms with van der Waals surface area (Å²) in [5.74, 6) is -0.0410. The van der Waals surface area contributed by atoms with Crippen LogP contribution in [-0.4, -0.2) is 40.3 Å². The van der Waals surface area contributed by atoms with Crippen LogP contribution >= 0.6 is 0 Å². The molecular formula is C40H62N3O2+. The van der Waals surface area contributed by atoms with Gasteiger partial charge in [-0.25, -0.2) is 0 Å². The van der Waals surface area contributed by atoms with Crippen LogP contribution in [0.3, 0.4) is 0 Å². The van der Waals surface area contributed by atoms with E-state index >= 15 is 0 Å². The summed E-state index contributed by atoms with van der Waals surface area (Å²) in [5, 5.41) is 1.36. The number of carbonyl (C=O) groups is 1. The lowest BCUT2D eigenvalue weighted by Gasteiger charge is -2.38. The van der Waals surface area contributed by atoms with Crippen LogP contribution in [-0.2, 0) is 35.5 Å². The molecule has 0 amide bonds. The predicted molar refractivity (Wildman–Crippen MR) is 188 cm³/mol. The standard InChI is InChI=1S/C40H62N3O2/c1-7-8-9-10-11-12-13-14-15-16-17-18-25-40(4,5)39(44)45-31-43(6)27-24-38-36(30-43)35-28-32(2)19-22-37(35)42(38)26-23-34-21-20-33(3)41-29-34/h19-22,28-29H,7-18,23-27,30-31H2,1-6H3/q+1. The van der Waals surface area contributed by atoms with E-state index in [1.54, 1.807) is 0 Å². The van der Waals surface area contributed by atoms with Crippen molar-refractivity contribution in [1.29, 1.82) is 0 Å². The smallest absolute Gasteiger partial charge is 0.315 e. The molecule has 4 rings (SSSR count). The fourth-order valence-corrected chi connectivity index (χ4v) is 7.06. The maximum Gasteiger partial charge on any atom is 0.315 e. The van der Waals surface area contributed by atoms with E-state index in [0.717, 1.165) is 55.5 Å². The molecule has 0 fully saturated rings. The summed E-state index contributed by atoms with van der Waals surface area (Å²) >= 11 is 0. The average Bonchev–Trinajstić information content (AvgIpc) is 3.31. The first-order valence-corrected chi connectivity index (χ1v) is 18.1. The van der Waals surface area contributed by atoms with Gasteiger partial charge in [-0.2, -0.15) is 0 Å². The zero-order chi connectivity index (χ0) is 32.3. The highest BCUT2D eigenvalue weighted by Crippen LogP contribution is 2.35. The molecular weight excluding hydrogens is 554 g/mol. The number of pyridine rings is 1. The van der Waals surface area contributed by atoms with Crippen molar-refractivity contribution >= 4 is 16.9 Å². The Morgan fingerprint density at radius 3 is 2.24 bits per heavy atom. The third kappa shape index (κ3) is 10.2. The quantitative estimate of drug-likeness (QED) is 0.0765. The van der Waals surface area contributed by atoms with Gasteiger partial charge in [-0.05, 0) is 64.3 Å². The molecule has 0 N–H and O–H groups in total. The Kier molecular flexibility index (Phi) is 13.1. The fraction of sp³-hybridized carbons (Fsp3) is 0.650. The van der Waals surface area contributed by atoms with Crippen molar-refractivity contribution in [1.82, 2.24) is 9.55 Å². The number of unbranched alkanes of at least 4 members (excludes halogenated alkanes) is 11. The Balaban J connectivity index is 1.25. The van der Waals surface area contributed by atoms with Crippen LogP contribution in [0.1, 0.15) is 132 Å². The normalized spacial score (nSPS) is 16.7. The molecule has 0 bridgehead atoms. The molecule has 248 valence electrons. The molecule has 5 nitrogen and oxygen atoms in total. The molecule has 0 spiro atoms. The van der Waals surface area contributed by atoms with E-state index in [4.69, 9.17) is 4.74 Å². The van der Waals surface area contributed by atoms with Crippen LogP contribution in [0.15, 0.2) is 36.5 Å². The zero-order valence-corrected chi connectivity index (χ0v) is 29.6. The molecule has 0 saturated heterocycles. The van der Waals surface area contributed by atoms with Crippen LogP contribution in [0.5, 0.6) is 0 Å². The maximum atomic E-state index is 13.3. The topological polar surface area (TPSA) is 44.1 Å². The molecule has 0 aliphatic carbocycles. The monoisotopic (exact) mass is 616 g/mol. The second kappa shape index (κ2) is 16.8. The summed E-state index contributed by atoms with van der Waals surface area (Å²) in [5.41, 5.74) is 7.38. The van der Waals surface area contributed by atoms with Gasteiger partial charge in [-0.1, -0.05) is 102 Å². The summed E-state index contributed by atoms with van der Waals surface area (Å²) in [6, 6.07) is 11.2. The van der Waals surface area contributed by atoms with Gasteiger partial charge in [-0.15, -0.1) is 0 Å². The number of ether oxygens (including phenoxy) is 1. The molecule has 3 aromatic rings. The van der Waals surface area contributed by atoms with Crippen LogP contribution in [0.2, 0.25) is 0 Å². The fourth-order valence-electron chi connectivity index (χ4n) is 7.06. The first-order chi connectivity index (χ1) is 21.6. The number of esters is 1. The Hall–Kier alpha value is -2.66. The molecule has 1 aliphatic heterocycles. The maximum absolute atomic E-state index is 13.3. The van der Waals surface area contributed by atoms with Crippen molar-refractivity contribution in [2.45, 2.75) is 144 Å². The van der Waals surface area contributed by atoms with E-state index in [1.807, 2.05) is 13.1 Å². The van der Waals surface area contributed by atoms with Crippen molar-refractivity contribution in [2.75, 3.05) is 20.3 Å². The summed E-state index contributed by atoms with van der Waals surface area (Å²) in [4.78, 5) is 17.8. The van der Waals surface area contributed by atoms with Crippen molar-refractivity contribution < 1.29 is 14.0 Å². The number of hydrogen-bond donors (Lipinski definition) is 0. The van der Waals surface area contributed by atoms with E-state index in [1.165, 1.54) is 104 Å². The van der Waals surface area contributed by atoms with Crippen molar-refractivity contribution in [3.63, 3.8) is 0 Å². The molecule has 1 aromatic carbocycles. The summed E-state index contributed by atoms with van der Waals surface area (Å²) in [6.45, 7) is 13.9. The van der Waals surface area contributed by atoms with Gasteiger partial charge < -0.3 is 9.30 Å². The molecule has 3 heterocycles. The van der Waals surface area contributed by atoms with Crippen LogP contribution in [0, 0.1) is 19.3 Å². The number of benzene rings is 1. The average molecular weight is 617 g/mol. The van der Waals surface area contributed by atoms with E-state index in [0.29, 0.717) is 6.73 Å². The molecule has 2 aromatic heterocycles. The second-order valence-corrected chi connectivity index (χ2v) is 15.0. The van der Waals surface area contributed by atoms with Gasteiger partial charge in [0.05, 0.1) is 19.0 Å². The largest absolute Gasteiger partial charge is 0.415 e. The predicted octanol–water partition coefficient (Wildman–Crippen LogP) is 10.0. The lowest BCUT2D eigenvalue weighted by atomic mass is 9.87. The minimum atomic E-state index is -0.434. The van der Waals surface area contributed by atoms with Gasteiger partial charge in [0, 0.05) is 47.0 Å². The Morgan fingerprint density at radius 1 is 0.933 bits per heavy atom. The molecule has 0 saturated carbocycles.